The highest BCUT2D eigenvalue weighted by molar-refractivity contribution is 4.87. The first kappa shape index (κ1) is 18.6. The van der Waals surface area contributed by atoms with Crippen LogP contribution in [0.15, 0.2) is 12.2 Å². The Morgan fingerprint density at radius 3 is 2.57 bits per heavy atom. The summed E-state index contributed by atoms with van der Waals surface area (Å²) in [5.41, 5.74) is 0. The highest BCUT2D eigenvalue weighted by Gasteiger charge is 2.38. The molecule has 1 aliphatic rings. The van der Waals surface area contributed by atoms with Crippen LogP contribution in [0.25, 0.3) is 0 Å². The molecule has 1 aliphatic heterocycles. The Balaban J connectivity index is 2.08. The smallest absolute Gasteiger partial charge is 0.114 e. The fraction of sp³-hybridized carbons (Fsp3) is 0.875. The number of hydrogen-bond donors (Lipinski definition) is 3. The molecular formula is C16H30O5. The third-order valence-corrected chi connectivity index (χ3v) is 3.82. The summed E-state index contributed by atoms with van der Waals surface area (Å²) < 4.78 is 10.7. The molecule has 1 heterocycles. The standard InChI is InChI=1S/C16H30O5/c1-2-3-4-5-6-7-8-9-10-20-16-13(18)12-21-14(11-17)15(16)19/h2-3,13-19H,4-12H2,1H3/b3-2+/t13-,14+,15+,16+/m0/s1. The highest BCUT2D eigenvalue weighted by atomic mass is 16.6. The van der Waals surface area contributed by atoms with Gasteiger partial charge in [0.15, 0.2) is 0 Å². The molecule has 0 saturated carbocycles. The minimum atomic E-state index is -0.973. The van der Waals surface area contributed by atoms with Crippen molar-refractivity contribution in [1.82, 2.24) is 0 Å². The zero-order chi connectivity index (χ0) is 15.5. The monoisotopic (exact) mass is 302 g/mol. The Kier molecular flexibility index (Phi) is 9.87. The summed E-state index contributed by atoms with van der Waals surface area (Å²) in [5.74, 6) is 0. The zero-order valence-electron chi connectivity index (χ0n) is 13.0. The topological polar surface area (TPSA) is 79.2 Å². The Morgan fingerprint density at radius 1 is 1.14 bits per heavy atom. The molecule has 1 rings (SSSR count). The van der Waals surface area contributed by atoms with Gasteiger partial charge in [0.1, 0.15) is 24.4 Å². The van der Waals surface area contributed by atoms with Crippen LogP contribution >= 0.6 is 0 Å². The number of unbranched alkanes of at least 4 members (excludes halogenated alkanes) is 5. The van der Waals surface area contributed by atoms with Gasteiger partial charge in [-0.1, -0.05) is 31.4 Å². The molecule has 0 aromatic rings. The van der Waals surface area contributed by atoms with E-state index in [0.717, 1.165) is 19.3 Å². The van der Waals surface area contributed by atoms with Crippen molar-refractivity contribution in [2.24, 2.45) is 0 Å². The van der Waals surface area contributed by atoms with E-state index in [1.54, 1.807) is 0 Å². The molecule has 0 radical (unpaired) electrons. The quantitative estimate of drug-likeness (QED) is 0.420. The molecule has 124 valence electrons. The van der Waals surface area contributed by atoms with E-state index in [2.05, 4.69) is 12.2 Å². The Bertz CT molecular complexity index is 282. The predicted octanol–water partition coefficient (Wildman–Crippen LogP) is 1.40. The summed E-state index contributed by atoms with van der Waals surface area (Å²) in [6.45, 7) is 2.39. The highest BCUT2D eigenvalue weighted by Crippen LogP contribution is 2.19. The van der Waals surface area contributed by atoms with Crippen LogP contribution in [0.3, 0.4) is 0 Å². The molecule has 1 saturated heterocycles. The van der Waals surface area contributed by atoms with Crippen LogP contribution in [0.4, 0.5) is 0 Å². The SMILES string of the molecule is C/C=C/CCCCCCCO[C@H]1[C@H](O)[C@@H](CO)OC[C@@H]1O. The molecular weight excluding hydrogens is 272 g/mol. The summed E-state index contributed by atoms with van der Waals surface area (Å²) in [5, 5.41) is 28.8. The van der Waals surface area contributed by atoms with Crippen LogP contribution in [0.1, 0.15) is 45.4 Å². The minimum Gasteiger partial charge on any atom is -0.394 e. The molecule has 1 fully saturated rings. The van der Waals surface area contributed by atoms with Crippen LogP contribution in [-0.2, 0) is 9.47 Å². The average Bonchev–Trinajstić information content (AvgIpc) is 2.48. The minimum absolute atomic E-state index is 0.0951. The Labute approximate surface area is 127 Å². The summed E-state index contributed by atoms with van der Waals surface area (Å²) in [4.78, 5) is 0. The van der Waals surface area contributed by atoms with Gasteiger partial charge < -0.3 is 24.8 Å². The van der Waals surface area contributed by atoms with Gasteiger partial charge in [0, 0.05) is 6.61 Å². The number of allylic oxidation sites excluding steroid dienone is 2. The normalized spacial score (nSPS) is 30.1. The molecule has 0 aliphatic carbocycles. The molecule has 0 unspecified atom stereocenters. The van der Waals surface area contributed by atoms with E-state index in [9.17, 15) is 10.2 Å². The molecule has 3 N–H and O–H groups in total. The van der Waals surface area contributed by atoms with E-state index in [1.165, 1.54) is 19.3 Å². The van der Waals surface area contributed by atoms with Gasteiger partial charge in [-0.15, -0.1) is 0 Å². The molecule has 0 aromatic carbocycles. The second kappa shape index (κ2) is 11.2. The first-order valence-corrected chi connectivity index (χ1v) is 8.02. The molecule has 0 bridgehead atoms. The molecule has 0 spiro atoms. The Morgan fingerprint density at radius 2 is 1.86 bits per heavy atom. The first-order valence-electron chi connectivity index (χ1n) is 8.02. The van der Waals surface area contributed by atoms with Crippen molar-refractivity contribution in [2.45, 2.75) is 69.9 Å². The lowest BCUT2D eigenvalue weighted by atomic mass is 10.0. The van der Waals surface area contributed by atoms with Gasteiger partial charge in [-0.2, -0.15) is 0 Å². The van der Waals surface area contributed by atoms with Gasteiger partial charge in [0.25, 0.3) is 0 Å². The van der Waals surface area contributed by atoms with Gasteiger partial charge in [-0.05, 0) is 26.2 Å². The second-order valence-corrected chi connectivity index (χ2v) is 5.57. The van der Waals surface area contributed by atoms with Crippen molar-refractivity contribution in [3.63, 3.8) is 0 Å². The largest absolute Gasteiger partial charge is 0.394 e. The summed E-state index contributed by atoms with van der Waals surface area (Å²) in [6, 6.07) is 0. The summed E-state index contributed by atoms with van der Waals surface area (Å²) in [6.07, 6.45) is 7.93. The molecule has 4 atom stereocenters. The van der Waals surface area contributed by atoms with Crippen molar-refractivity contribution in [3.05, 3.63) is 12.2 Å². The van der Waals surface area contributed by atoms with Crippen molar-refractivity contribution in [1.29, 1.82) is 0 Å². The summed E-state index contributed by atoms with van der Waals surface area (Å²) >= 11 is 0. The third-order valence-electron chi connectivity index (χ3n) is 3.82. The van der Waals surface area contributed by atoms with Crippen molar-refractivity contribution < 1.29 is 24.8 Å². The van der Waals surface area contributed by atoms with E-state index in [0.29, 0.717) is 6.61 Å². The van der Waals surface area contributed by atoms with Crippen molar-refractivity contribution in [2.75, 3.05) is 19.8 Å². The van der Waals surface area contributed by atoms with E-state index in [4.69, 9.17) is 14.6 Å². The fourth-order valence-electron chi connectivity index (χ4n) is 2.51. The molecule has 5 nitrogen and oxygen atoms in total. The lowest BCUT2D eigenvalue weighted by Gasteiger charge is -2.37. The fourth-order valence-corrected chi connectivity index (χ4v) is 2.51. The maximum atomic E-state index is 9.95. The average molecular weight is 302 g/mol. The van der Waals surface area contributed by atoms with Crippen LogP contribution in [-0.4, -0.2) is 59.6 Å². The molecule has 21 heavy (non-hydrogen) atoms. The van der Waals surface area contributed by atoms with Gasteiger partial charge in [-0.25, -0.2) is 0 Å². The van der Waals surface area contributed by atoms with E-state index in [-0.39, 0.29) is 13.2 Å². The van der Waals surface area contributed by atoms with Crippen LogP contribution < -0.4 is 0 Å². The molecule has 5 heteroatoms. The summed E-state index contributed by atoms with van der Waals surface area (Å²) in [7, 11) is 0. The van der Waals surface area contributed by atoms with Crippen LogP contribution in [0.2, 0.25) is 0 Å². The van der Waals surface area contributed by atoms with E-state index < -0.39 is 24.4 Å². The van der Waals surface area contributed by atoms with Gasteiger partial charge in [0.2, 0.25) is 0 Å². The maximum Gasteiger partial charge on any atom is 0.114 e. The van der Waals surface area contributed by atoms with Crippen molar-refractivity contribution >= 4 is 0 Å². The number of rotatable bonds is 10. The third kappa shape index (κ3) is 6.89. The number of ether oxygens (including phenoxy) is 2. The predicted molar refractivity (Wildman–Crippen MR) is 81.1 cm³/mol. The lowest BCUT2D eigenvalue weighted by Crippen LogP contribution is -2.55. The maximum absolute atomic E-state index is 9.95. The van der Waals surface area contributed by atoms with Gasteiger partial charge in [-0.3, -0.25) is 0 Å². The Hall–Kier alpha value is -0.460. The lowest BCUT2D eigenvalue weighted by molar-refractivity contribution is -0.210. The second-order valence-electron chi connectivity index (χ2n) is 5.57. The molecule has 0 amide bonds. The van der Waals surface area contributed by atoms with Gasteiger partial charge >= 0.3 is 0 Å². The number of aliphatic hydroxyl groups is 3. The van der Waals surface area contributed by atoms with Crippen LogP contribution in [0.5, 0.6) is 0 Å². The number of hydrogen-bond acceptors (Lipinski definition) is 5. The first-order chi connectivity index (χ1) is 10.2. The van der Waals surface area contributed by atoms with Crippen LogP contribution in [0, 0.1) is 0 Å². The van der Waals surface area contributed by atoms with Gasteiger partial charge in [0.05, 0.1) is 13.2 Å². The number of aliphatic hydroxyl groups excluding tert-OH is 3. The zero-order valence-corrected chi connectivity index (χ0v) is 13.0. The van der Waals surface area contributed by atoms with E-state index in [1.807, 2.05) is 6.92 Å². The molecule has 0 aromatic heterocycles. The van der Waals surface area contributed by atoms with Crippen molar-refractivity contribution in [3.8, 4) is 0 Å². The van der Waals surface area contributed by atoms with E-state index >= 15 is 0 Å².